The van der Waals surface area contributed by atoms with Crippen molar-refractivity contribution >= 4 is 0 Å². The van der Waals surface area contributed by atoms with Crippen LogP contribution in [0.5, 0.6) is 5.75 Å². The average molecular weight is 255 g/mol. The lowest BCUT2D eigenvalue weighted by Crippen LogP contribution is -2.24. The highest BCUT2D eigenvalue weighted by Gasteiger charge is 1.97. The van der Waals surface area contributed by atoms with Crippen LogP contribution < -0.4 is 10.4 Å². The number of hydrogen-bond acceptors (Lipinski definition) is 4. The third kappa shape index (κ3) is 3.68. The maximum Gasteiger partial charge on any atom is 0.347 e. The van der Waals surface area contributed by atoms with Gasteiger partial charge in [-0.1, -0.05) is 12.1 Å². The van der Waals surface area contributed by atoms with Crippen LogP contribution in [0.2, 0.25) is 0 Å². The quantitative estimate of drug-likeness (QED) is 0.809. The SMILES string of the molecule is N#CCc1ccc(OCCn2cccnc2=O)cc1. The Hall–Kier alpha value is -2.61. The minimum atomic E-state index is -0.282. The third-order valence-corrected chi connectivity index (χ3v) is 2.59. The summed E-state index contributed by atoms with van der Waals surface area (Å²) in [6.07, 6.45) is 3.54. The van der Waals surface area contributed by atoms with Crippen LogP contribution in [0.3, 0.4) is 0 Å². The highest BCUT2D eigenvalue weighted by atomic mass is 16.5. The topological polar surface area (TPSA) is 67.9 Å². The highest BCUT2D eigenvalue weighted by Crippen LogP contribution is 2.12. The fourth-order valence-electron chi connectivity index (χ4n) is 1.61. The van der Waals surface area contributed by atoms with Crippen molar-refractivity contribution in [2.24, 2.45) is 0 Å². The largest absolute Gasteiger partial charge is 0.492 e. The summed E-state index contributed by atoms with van der Waals surface area (Å²) in [5, 5.41) is 8.56. The summed E-state index contributed by atoms with van der Waals surface area (Å²) in [5.41, 5.74) is 0.675. The van der Waals surface area contributed by atoms with E-state index < -0.39 is 0 Å². The molecular weight excluding hydrogens is 242 g/mol. The minimum absolute atomic E-state index is 0.282. The number of nitriles is 1. The second-order valence-electron chi connectivity index (χ2n) is 3.92. The fourth-order valence-corrected chi connectivity index (χ4v) is 1.61. The monoisotopic (exact) mass is 255 g/mol. The minimum Gasteiger partial charge on any atom is -0.492 e. The van der Waals surface area contributed by atoms with E-state index in [0.29, 0.717) is 19.6 Å². The number of aromatic nitrogens is 2. The van der Waals surface area contributed by atoms with E-state index in [4.69, 9.17) is 10.00 Å². The van der Waals surface area contributed by atoms with Gasteiger partial charge >= 0.3 is 5.69 Å². The van der Waals surface area contributed by atoms with Crippen molar-refractivity contribution in [3.63, 3.8) is 0 Å². The van der Waals surface area contributed by atoms with E-state index in [0.717, 1.165) is 11.3 Å². The lowest BCUT2D eigenvalue weighted by Gasteiger charge is -2.07. The van der Waals surface area contributed by atoms with E-state index in [2.05, 4.69) is 11.1 Å². The Labute approximate surface area is 110 Å². The lowest BCUT2D eigenvalue weighted by atomic mass is 10.2. The molecule has 1 aromatic carbocycles. The first kappa shape index (κ1) is 12.8. The Bertz CT molecular complexity index is 626. The van der Waals surface area contributed by atoms with Crippen LogP contribution >= 0.6 is 0 Å². The molecular formula is C14H13N3O2. The van der Waals surface area contributed by atoms with E-state index in [1.807, 2.05) is 24.3 Å². The van der Waals surface area contributed by atoms with Gasteiger partial charge in [0.1, 0.15) is 12.4 Å². The summed E-state index contributed by atoms with van der Waals surface area (Å²) >= 11 is 0. The first-order valence-corrected chi connectivity index (χ1v) is 5.90. The maximum atomic E-state index is 11.3. The molecule has 5 nitrogen and oxygen atoms in total. The number of nitrogens with zero attached hydrogens (tertiary/aromatic N) is 3. The zero-order valence-electron chi connectivity index (χ0n) is 10.3. The van der Waals surface area contributed by atoms with Gasteiger partial charge in [0, 0.05) is 12.4 Å². The van der Waals surface area contributed by atoms with E-state index in [-0.39, 0.29) is 5.69 Å². The molecule has 0 aliphatic rings. The molecule has 96 valence electrons. The van der Waals surface area contributed by atoms with E-state index in [1.54, 1.807) is 12.3 Å². The van der Waals surface area contributed by atoms with Crippen molar-refractivity contribution in [1.29, 1.82) is 5.26 Å². The lowest BCUT2D eigenvalue weighted by molar-refractivity contribution is 0.295. The maximum absolute atomic E-state index is 11.3. The van der Waals surface area contributed by atoms with Crippen molar-refractivity contribution in [3.8, 4) is 11.8 Å². The van der Waals surface area contributed by atoms with Gasteiger partial charge in [-0.3, -0.25) is 4.57 Å². The van der Waals surface area contributed by atoms with Crippen LogP contribution in [0.15, 0.2) is 47.5 Å². The summed E-state index contributed by atoms with van der Waals surface area (Å²) in [5.74, 6) is 0.721. The molecule has 5 heteroatoms. The molecule has 1 aromatic heterocycles. The molecule has 0 spiro atoms. The van der Waals surface area contributed by atoms with Crippen molar-refractivity contribution in [2.45, 2.75) is 13.0 Å². The molecule has 0 amide bonds. The number of hydrogen-bond donors (Lipinski definition) is 0. The Morgan fingerprint density at radius 3 is 2.79 bits per heavy atom. The van der Waals surface area contributed by atoms with Crippen LogP contribution in [-0.4, -0.2) is 16.2 Å². The standard InChI is InChI=1S/C14H13N3O2/c15-7-6-12-2-4-13(5-3-12)19-11-10-17-9-1-8-16-14(17)18/h1-5,8-9H,6,10-11H2. The van der Waals surface area contributed by atoms with Gasteiger partial charge in [0.25, 0.3) is 0 Å². The zero-order chi connectivity index (χ0) is 13.5. The molecule has 0 saturated carbocycles. The Morgan fingerprint density at radius 1 is 1.32 bits per heavy atom. The molecule has 0 N–H and O–H groups in total. The molecule has 2 aromatic rings. The molecule has 0 aliphatic carbocycles. The predicted octanol–water partition coefficient (Wildman–Crippen LogP) is 1.39. The van der Waals surface area contributed by atoms with Gasteiger partial charge in [0.15, 0.2) is 0 Å². The first-order valence-electron chi connectivity index (χ1n) is 5.90. The van der Waals surface area contributed by atoms with Crippen molar-refractivity contribution in [3.05, 3.63) is 58.8 Å². The molecule has 0 radical (unpaired) electrons. The summed E-state index contributed by atoms with van der Waals surface area (Å²) in [7, 11) is 0. The van der Waals surface area contributed by atoms with Crippen LogP contribution in [0.4, 0.5) is 0 Å². The van der Waals surface area contributed by atoms with Gasteiger partial charge in [-0.25, -0.2) is 9.78 Å². The summed E-state index contributed by atoms with van der Waals surface area (Å²) in [6.45, 7) is 0.843. The Morgan fingerprint density at radius 2 is 2.11 bits per heavy atom. The van der Waals surface area contributed by atoms with Gasteiger partial charge < -0.3 is 4.74 Å². The second-order valence-corrected chi connectivity index (χ2v) is 3.92. The summed E-state index contributed by atoms with van der Waals surface area (Å²) < 4.78 is 7.02. The molecule has 19 heavy (non-hydrogen) atoms. The molecule has 0 saturated heterocycles. The van der Waals surface area contributed by atoms with Crippen LogP contribution in [-0.2, 0) is 13.0 Å². The summed E-state index contributed by atoms with van der Waals surface area (Å²) in [6, 6.07) is 11.1. The normalized spacial score (nSPS) is 9.84. The number of rotatable bonds is 5. The van der Waals surface area contributed by atoms with Gasteiger partial charge in [-0.2, -0.15) is 5.26 Å². The molecule has 0 bridgehead atoms. The first-order chi connectivity index (χ1) is 9.29. The van der Waals surface area contributed by atoms with Crippen molar-refractivity contribution < 1.29 is 4.74 Å². The third-order valence-electron chi connectivity index (χ3n) is 2.59. The highest BCUT2D eigenvalue weighted by molar-refractivity contribution is 5.28. The van der Waals surface area contributed by atoms with Crippen molar-refractivity contribution in [2.75, 3.05) is 6.61 Å². The van der Waals surface area contributed by atoms with Gasteiger partial charge in [0.05, 0.1) is 19.0 Å². The second kappa shape index (κ2) is 6.36. The molecule has 2 rings (SSSR count). The smallest absolute Gasteiger partial charge is 0.347 e. The Kier molecular flexibility index (Phi) is 4.29. The van der Waals surface area contributed by atoms with Crippen LogP contribution in [0.25, 0.3) is 0 Å². The number of benzene rings is 1. The van der Waals surface area contributed by atoms with Gasteiger partial charge in [-0.15, -0.1) is 0 Å². The Balaban J connectivity index is 1.88. The van der Waals surface area contributed by atoms with E-state index >= 15 is 0 Å². The van der Waals surface area contributed by atoms with Crippen LogP contribution in [0, 0.1) is 11.3 Å². The van der Waals surface area contributed by atoms with Crippen LogP contribution in [0.1, 0.15) is 5.56 Å². The molecule has 1 heterocycles. The molecule has 0 unspecified atom stereocenters. The fraction of sp³-hybridized carbons (Fsp3) is 0.214. The van der Waals surface area contributed by atoms with E-state index in [1.165, 1.54) is 10.8 Å². The van der Waals surface area contributed by atoms with E-state index in [9.17, 15) is 4.79 Å². The average Bonchev–Trinajstić information content (AvgIpc) is 2.43. The predicted molar refractivity (Wildman–Crippen MR) is 69.8 cm³/mol. The molecule has 0 aliphatic heterocycles. The van der Waals surface area contributed by atoms with Crippen molar-refractivity contribution in [1.82, 2.24) is 9.55 Å². The summed E-state index contributed by atoms with van der Waals surface area (Å²) in [4.78, 5) is 15.0. The van der Waals surface area contributed by atoms with Gasteiger partial charge in [-0.05, 0) is 23.8 Å². The number of ether oxygens (including phenoxy) is 1. The zero-order valence-corrected chi connectivity index (χ0v) is 10.3. The molecule has 0 fully saturated rings. The van der Waals surface area contributed by atoms with Gasteiger partial charge in [0.2, 0.25) is 0 Å². The molecule has 0 atom stereocenters.